The maximum Gasteiger partial charge on any atom is 0.254 e. The van der Waals surface area contributed by atoms with Crippen molar-refractivity contribution in [3.05, 3.63) is 65.7 Å². The van der Waals surface area contributed by atoms with Crippen LogP contribution in [0.4, 0.5) is 5.69 Å². The van der Waals surface area contributed by atoms with Gasteiger partial charge in [-0.2, -0.15) is 0 Å². The normalized spacial score (nSPS) is 16.1. The van der Waals surface area contributed by atoms with E-state index in [1.165, 1.54) is 16.8 Å². The Morgan fingerprint density at radius 1 is 1.10 bits per heavy atom. The van der Waals surface area contributed by atoms with Gasteiger partial charge in [-0.1, -0.05) is 42.5 Å². The molecule has 150 valence electrons. The molecule has 2 aromatic rings. The average Bonchev–Trinajstić information content (AvgIpc) is 2.87. The lowest BCUT2D eigenvalue weighted by molar-refractivity contribution is -0.132. The first-order valence-electron chi connectivity index (χ1n) is 9.17. The van der Waals surface area contributed by atoms with E-state index >= 15 is 0 Å². The van der Waals surface area contributed by atoms with Gasteiger partial charge in [0, 0.05) is 12.6 Å². The maximum atomic E-state index is 13.0. The standard InChI is InChI=1S/C21H22N4O3S/c1-14-7-6-10-17(11-14)22-19(27)12-18-20(28)24(13-16-8-4-3-5-9-16)21(29)25(18)23-15(2)26/h3-11,18H,12-13H2,1-2H3,(H,22,27)(H,23,26). The molecule has 29 heavy (non-hydrogen) atoms. The maximum absolute atomic E-state index is 13.0. The van der Waals surface area contributed by atoms with Gasteiger partial charge in [-0.05, 0) is 42.4 Å². The molecular weight excluding hydrogens is 388 g/mol. The molecule has 0 aliphatic carbocycles. The number of hydrogen-bond acceptors (Lipinski definition) is 4. The molecule has 1 saturated heterocycles. The number of nitrogens with one attached hydrogen (secondary N) is 2. The van der Waals surface area contributed by atoms with Gasteiger partial charge in [-0.15, -0.1) is 0 Å². The van der Waals surface area contributed by atoms with E-state index in [2.05, 4.69) is 10.7 Å². The van der Waals surface area contributed by atoms with Gasteiger partial charge in [0.1, 0.15) is 6.04 Å². The summed E-state index contributed by atoms with van der Waals surface area (Å²) in [5.74, 6) is -1.04. The predicted molar refractivity (Wildman–Crippen MR) is 113 cm³/mol. The Hall–Kier alpha value is -3.26. The molecular formula is C21H22N4O3S. The summed E-state index contributed by atoms with van der Waals surface area (Å²) in [5, 5.41) is 4.26. The summed E-state index contributed by atoms with van der Waals surface area (Å²) in [6.07, 6.45) is -0.140. The van der Waals surface area contributed by atoms with Gasteiger partial charge in [-0.25, -0.2) is 5.01 Å². The van der Waals surface area contributed by atoms with Gasteiger partial charge in [0.25, 0.3) is 5.91 Å². The molecule has 2 aromatic carbocycles. The third kappa shape index (κ3) is 4.97. The van der Waals surface area contributed by atoms with Crippen LogP contribution in [0.5, 0.6) is 0 Å². The second-order valence-electron chi connectivity index (χ2n) is 6.87. The molecule has 0 saturated carbocycles. The lowest BCUT2D eigenvalue weighted by atomic mass is 10.1. The molecule has 1 unspecified atom stereocenters. The third-order valence-electron chi connectivity index (χ3n) is 4.44. The zero-order chi connectivity index (χ0) is 21.0. The van der Waals surface area contributed by atoms with Crippen LogP contribution in [0.25, 0.3) is 0 Å². The molecule has 0 radical (unpaired) electrons. The minimum atomic E-state index is -0.903. The summed E-state index contributed by atoms with van der Waals surface area (Å²) < 4.78 is 0. The Bertz CT molecular complexity index is 948. The molecule has 1 heterocycles. The second kappa shape index (κ2) is 8.83. The van der Waals surface area contributed by atoms with Gasteiger partial charge in [0.05, 0.1) is 13.0 Å². The third-order valence-corrected chi connectivity index (χ3v) is 4.86. The Morgan fingerprint density at radius 3 is 2.48 bits per heavy atom. The highest BCUT2D eigenvalue weighted by molar-refractivity contribution is 7.80. The molecule has 2 N–H and O–H groups in total. The SMILES string of the molecule is CC(=O)NN1C(=S)N(Cc2ccccc2)C(=O)C1CC(=O)Nc1cccc(C)c1. The Labute approximate surface area is 174 Å². The fraction of sp³-hybridized carbons (Fsp3) is 0.238. The van der Waals surface area contributed by atoms with Crippen LogP contribution in [0.3, 0.4) is 0 Å². The number of benzene rings is 2. The van der Waals surface area contributed by atoms with E-state index in [1.54, 1.807) is 6.07 Å². The van der Waals surface area contributed by atoms with E-state index in [0.29, 0.717) is 5.69 Å². The minimum Gasteiger partial charge on any atom is -0.326 e. The van der Waals surface area contributed by atoms with Gasteiger partial charge in [0.2, 0.25) is 11.8 Å². The number of hydrazine groups is 1. The summed E-state index contributed by atoms with van der Waals surface area (Å²) in [6, 6.07) is 15.9. The predicted octanol–water partition coefficient (Wildman–Crippen LogP) is 2.37. The number of carbonyl (C=O) groups is 3. The number of carbonyl (C=O) groups excluding carboxylic acids is 3. The highest BCUT2D eigenvalue weighted by atomic mass is 32.1. The van der Waals surface area contributed by atoms with Crippen molar-refractivity contribution in [3.63, 3.8) is 0 Å². The van der Waals surface area contributed by atoms with Crippen LogP contribution in [0.1, 0.15) is 24.5 Å². The summed E-state index contributed by atoms with van der Waals surface area (Å²) in [5.41, 5.74) is 5.13. The molecule has 1 aliphatic heterocycles. The zero-order valence-corrected chi connectivity index (χ0v) is 17.0. The molecule has 7 nitrogen and oxygen atoms in total. The lowest BCUT2D eigenvalue weighted by Crippen LogP contribution is -2.49. The van der Waals surface area contributed by atoms with Crippen molar-refractivity contribution < 1.29 is 14.4 Å². The van der Waals surface area contributed by atoms with Crippen molar-refractivity contribution in [3.8, 4) is 0 Å². The van der Waals surface area contributed by atoms with Crippen LogP contribution < -0.4 is 10.7 Å². The zero-order valence-electron chi connectivity index (χ0n) is 16.2. The topological polar surface area (TPSA) is 81.8 Å². The highest BCUT2D eigenvalue weighted by Gasteiger charge is 2.44. The van der Waals surface area contributed by atoms with E-state index in [-0.39, 0.29) is 35.8 Å². The fourth-order valence-electron chi connectivity index (χ4n) is 3.14. The monoisotopic (exact) mass is 410 g/mol. The summed E-state index contributed by atoms with van der Waals surface area (Å²) in [7, 11) is 0. The molecule has 1 atom stereocenters. The van der Waals surface area contributed by atoms with Crippen LogP contribution in [-0.4, -0.2) is 38.8 Å². The highest BCUT2D eigenvalue weighted by Crippen LogP contribution is 2.22. The van der Waals surface area contributed by atoms with Crippen molar-refractivity contribution in [2.45, 2.75) is 32.9 Å². The van der Waals surface area contributed by atoms with Crippen molar-refractivity contribution in [1.29, 1.82) is 0 Å². The number of amides is 3. The number of thiocarbonyl (C=S) groups is 1. The summed E-state index contributed by atoms with van der Waals surface area (Å²) in [4.78, 5) is 38.6. The average molecular weight is 410 g/mol. The summed E-state index contributed by atoms with van der Waals surface area (Å²) >= 11 is 5.42. The quantitative estimate of drug-likeness (QED) is 0.715. The number of hydrogen-bond donors (Lipinski definition) is 2. The first-order valence-corrected chi connectivity index (χ1v) is 9.58. The second-order valence-corrected chi connectivity index (χ2v) is 7.23. The lowest BCUT2D eigenvalue weighted by Gasteiger charge is -2.23. The van der Waals surface area contributed by atoms with Gasteiger partial charge < -0.3 is 5.32 Å². The molecule has 8 heteroatoms. The largest absolute Gasteiger partial charge is 0.326 e. The molecule has 0 spiro atoms. The molecule has 0 aromatic heterocycles. The molecule has 1 aliphatic rings. The fourth-order valence-corrected chi connectivity index (χ4v) is 3.47. The van der Waals surface area contributed by atoms with Crippen LogP contribution >= 0.6 is 12.2 Å². The van der Waals surface area contributed by atoms with Crippen LogP contribution in [0.2, 0.25) is 0 Å². The number of nitrogens with zero attached hydrogens (tertiary/aromatic N) is 2. The summed E-state index contributed by atoms with van der Waals surface area (Å²) in [6.45, 7) is 3.52. The molecule has 1 fully saturated rings. The van der Waals surface area contributed by atoms with E-state index in [9.17, 15) is 14.4 Å². The number of rotatable bonds is 6. The van der Waals surface area contributed by atoms with E-state index in [1.807, 2.05) is 55.5 Å². The molecule has 3 rings (SSSR count). The van der Waals surface area contributed by atoms with Gasteiger partial charge in [-0.3, -0.25) is 24.7 Å². The Balaban J connectivity index is 1.76. The minimum absolute atomic E-state index is 0.140. The Kier molecular flexibility index (Phi) is 6.23. The van der Waals surface area contributed by atoms with Gasteiger partial charge in [0.15, 0.2) is 5.11 Å². The van der Waals surface area contributed by atoms with Crippen molar-refractivity contribution in [2.75, 3.05) is 5.32 Å². The Morgan fingerprint density at radius 2 is 1.83 bits per heavy atom. The molecule has 3 amide bonds. The van der Waals surface area contributed by atoms with E-state index in [4.69, 9.17) is 12.2 Å². The van der Waals surface area contributed by atoms with Crippen molar-refractivity contribution in [1.82, 2.24) is 15.3 Å². The van der Waals surface area contributed by atoms with Gasteiger partial charge >= 0.3 is 0 Å². The smallest absolute Gasteiger partial charge is 0.254 e. The number of anilines is 1. The van der Waals surface area contributed by atoms with Crippen molar-refractivity contribution >= 4 is 40.7 Å². The first-order chi connectivity index (χ1) is 13.8. The van der Waals surface area contributed by atoms with Crippen LogP contribution in [0, 0.1) is 6.92 Å². The van der Waals surface area contributed by atoms with Crippen molar-refractivity contribution in [2.24, 2.45) is 0 Å². The first kappa shape index (κ1) is 20.5. The van der Waals surface area contributed by atoms with E-state index in [0.717, 1.165) is 11.1 Å². The van der Waals surface area contributed by atoms with Crippen LogP contribution in [-0.2, 0) is 20.9 Å². The van der Waals surface area contributed by atoms with E-state index < -0.39 is 6.04 Å². The van der Waals surface area contributed by atoms with Crippen LogP contribution in [0.15, 0.2) is 54.6 Å². The molecule has 0 bridgehead atoms. The number of aryl methyl sites for hydroxylation is 1.